The number of rotatable bonds is 1. The van der Waals surface area contributed by atoms with Crippen LogP contribution in [0, 0.1) is 0 Å². The fraction of sp³-hybridized carbons (Fsp3) is 0. The topological polar surface area (TPSA) is 35.1 Å². The van der Waals surface area contributed by atoms with E-state index >= 15 is 0 Å². The summed E-state index contributed by atoms with van der Waals surface area (Å²) < 4.78 is 3.46. The van der Waals surface area contributed by atoms with Crippen molar-refractivity contribution >= 4 is 27.9 Å². The molecule has 0 amide bonds. The molecule has 7 heteroatoms. The fourth-order valence-corrected chi connectivity index (χ4v) is 1.63. The molecule has 3 aromatic heterocycles. The molecule has 0 atom stereocenters. The van der Waals surface area contributed by atoms with E-state index in [4.69, 9.17) is 7.98 Å². The van der Waals surface area contributed by atoms with E-state index in [1.165, 1.54) is 4.39 Å². The molecule has 4 nitrogen and oxygen atoms in total. The van der Waals surface area contributed by atoms with Gasteiger partial charge in [-0.2, -0.15) is 0 Å². The molecule has 0 bridgehead atoms. The molecule has 0 aliphatic carbocycles. The Labute approximate surface area is 88.9 Å². The molecule has 66 valence electrons. The average molecular weight is 190 g/mol. The van der Waals surface area contributed by atoms with E-state index in [1.807, 2.05) is 28.8 Å². The molecule has 15 heavy (non-hydrogen) atoms. The fourth-order valence-electron chi connectivity index (χ4n) is 1.63. The minimum absolute atomic E-state index is 0.841. The molecule has 0 aliphatic heterocycles. The summed E-state index contributed by atoms with van der Waals surface area (Å²) in [5, 5.41) is 0. The van der Waals surface area contributed by atoms with E-state index in [0.29, 0.717) is 0 Å². The zero-order chi connectivity index (χ0) is 10.3. The SMILES string of the molecule is [B]n1bnbc1-c1cnc2ccccn12. The number of pyridine rings is 1. The van der Waals surface area contributed by atoms with E-state index in [-0.39, 0.29) is 0 Å². The van der Waals surface area contributed by atoms with Gasteiger partial charge in [0.1, 0.15) is 0 Å². The Bertz CT molecular complexity index is 615. The van der Waals surface area contributed by atoms with Crippen LogP contribution in [-0.2, 0) is 0 Å². The van der Waals surface area contributed by atoms with Crippen LogP contribution in [0.2, 0.25) is 0 Å². The normalized spacial score (nSPS) is 10.4. The Hall–Kier alpha value is -1.65. The van der Waals surface area contributed by atoms with Crippen LogP contribution >= 0.6 is 0 Å². The summed E-state index contributed by atoms with van der Waals surface area (Å²) in [6, 6.07) is 5.85. The molecule has 3 heterocycles. The molecule has 0 aromatic carbocycles. The van der Waals surface area contributed by atoms with Crippen LogP contribution in [0.25, 0.3) is 16.9 Å². The van der Waals surface area contributed by atoms with Gasteiger partial charge in [0.05, 0.1) is 0 Å². The molecular formula is C8H5B3N4. The van der Waals surface area contributed by atoms with Crippen LogP contribution < -0.4 is 0 Å². The van der Waals surface area contributed by atoms with Crippen LogP contribution in [0.1, 0.15) is 0 Å². The van der Waals surface area contributed by atoms with E-state index in [0.717, 1.165) is 16.9 Å². The van der Waals surface area contributed by atoms with Gasteiger partial charge in [0, 0.05) is 0 Å². The number of aromatic nitrogens is 4. The van der Waals surface area contributed by atoms with Gasteiger partial charge in [0.15, 0.2) is 0 Å². The van der Waals surface area contributed by atoms with E-state index in [9.17, 15) is 0 Å². The van der Waals surface area contributed by atoms with E-state index in [1.54, 1.807) is 20.4 Å². The molecule has 3 aromatic rings. The maximum atomic E-state index is 5.74. The Morgan fingerprint density at radius 1 is 1.33 bits per heavy atom. The predicted octanol–water partition coefficient (Wildman–Crippen LogP) is -0.194. The van der Waals surface area contributed by atoms with Crippen molar-refractivity contribution in [1.82, 2.24) is 18.6 Å². The van der Waals surface area contributed by atoms with Crippen molar-refractivity contribution in [2.75, 3.05) is 0 Å². The second-order valence-electron chi connectivity index (χ2n) is 3.26. The van der Waals surface area contributed by atoms with Crippen molar-refractivity contribution in [2.24, 2.45) is 0 Å². The minimum atomic E-state index is 0.841. The summed E-state index contributed by atoms with van der Waals surface area (Å²) in [5.41, 5.74) is 2.67. The first-order chi connectivity index (χ1) is 7.36. The monoisotopic (exact) mass is 190 g/mol. The maximum absolute atomic E-state index is 5.74. The van der Waals surface area contributed by atoms with Crippen molar-refractivity contribution in [3.63, 3.8) is 0 Å². The van der Waals surface area contributed by atoms with Gasteiger partial charge in [-0.15, -0.1) is 0 Å². The van der Waals surface area contributed by atoms with Crippen molar-refractivity contribution < 1.29 is 0 Å². The molecule has 0 N–H and O–H groups in total. The third kappa shape index (κ3) is 1.27. The van der Waals surface area contributed by atoms with Crippen molar-refractivity contribution in [2.45, 2.75) is 0 Å². The summed E-state index contributed by atoms with van der Waals surface area (Å²) >= 11 is 0. The number of hydrogen-bond donors (Lipinski definition) is 0. The van der Waals surface area contributed by atoms with Crippen molar-refractivity contribution in [3.8, 4) is 11.3 Å². The van der Waals surface area contributed by atoms with Crippen molar-refractivity contribution in [1.29, 1.82) is 0 Å². The first-order valence-corrected chi connectivity index (χ1v) is 4.56. The second-order valence-corrected chi connectivity index (χ2v) is 3.26. The van der Waals surface area contributed by atoms with Crippen LogP contribution in [-0.4, -0.2) is 40.8 Å². The number of imidazole rings is 1. The third-order valence-electron chi connectivity index (χ3n) is 2.35. The van der Waals surface area contributed by atoms with Gasteiger partial charge in [-0.25, -0.2) is 0 Å². The van der Waals surface area contributed by atoms with Gasteiger partial charge in [-0.05, 0) is 0 Å². The molecule has 0 fully saturated rings. The Morgan fingerprint density at radius 3 is 3.07 bits per heavy atom. The molecule has 3 rings (SSSR count). The average Bonchev–Trinajstić information content (AvgIpc) is 2.83. The predicted molar refractivity (Wildman–Crippen MR) is 60.3 cm³/mol. The summed E-state index contributed by atoms with van der Waals surface area (Å²) in [7, 11) is 9.02. The number of hydrogen-bond acceptors (Lipinski definition) is 2. The molecule has 0 spiro atoms. The standard InChI is InChI=1S/C8H5B3N4/c9-15-8(10-13-11-15)6-5-12-7-3-1-2-4-14(6)7/h1-5H. The summed E-state index contributed by atoms with van der Waals surface area (Å²) in [6.07, 6.45) is 3.74. The van der Waals surface area contributed by atoms with Gasteiger partial charge in [-0.3, -0.25) is 0 Å². The van der Waals surface area contributed by atoms with Gasteiger partial charge in [0.2, 0.25) is 0 Å². The first-order valence-electron chi connectivity index (χ1n) is 4.56. The summed E-state index contributed by atoms with van der Waals surface area (Å²) in [4.78, 5) is 8.26. The third-order valence-corrected chi connectivity index (χ3v) is 2.35. The molecule has 0 aliphatic rings. The summed E-state index contributed by atoms with van der Waals surface area (Å²) in [6.45, 7) is 0. The molecule has 0 saturated heterocycles. The molecule has 0 saturated carbocycles. The zero-order valence-corrected chi connectivity index (χ0v) is 7.91. The van der Waals surface area contributed by atoms with Gasteiger partial charge < -0.3 is 0 Å². The Morgan fingerprint density at radius 2 is 2.27 bits per heavy atom. The van der Waals surface area contributed by atoms with Gasteiger partial charge in [-0.1, -0.05) is 0 Å². The van der Waals surface area contributed by atoms with Crippen LogP contribution in [0.5, 0.6) is 0 Å². The van der Waals surface area contributed by atoms with Crippen LogP contribution in [0.3, 0.4) is 0 Å². The Balaban J connectivity index is 2.32. The van der Waals surface area contributed by atoms with Gasteiger partial charge >= 0.3 is 88.3 Å². The molecule has 0 unspecified atom stereocenters. The summed E-state index contributed by atoms with van der Waals surface area (Å²) in [5.74, 6) is 0. The Kier molecular flexibility index (Phi) is 1.84. The van der Waals surface area contributed by atoms with Crippen LogP contribution in [0.15, 0.2) is 30.6 Å². The van der Waals surface area contributed by atoms with Crippen molar-refractivity contribution in [3.05, 3.63) is 30.6 Å². The second kappa shape index (κ2) is 3.19. The first kappa shape index (κ1) is 8.65. The van der Waals surface area contributed by atoms with E-state index < -0.39 is 0 Å². The number of nitrogens with zero attached hydrogens (tertiary/aromatic N) is 4. The number of fused-ring (bicyclic) bond motifs is 1. The molecule has 2 radical (unpaired) electrons. The van der Waals surface area contributed by atoms with E-state index in [2.05, 4.69) is 9.78 Å². The quantitative estimate of drug-likeness (QED) is 0.498. The zero-order valence-electron chi connectivity index (χ0n) is 7.91. The van der Waals surface area contributed by atoms with Crippen LogP contribution in [0.4, 0.5) is 0 Å². The van der Waals surface area contributed by atoms with Gasteiger partial charge in [0.25, 0.3) is 0 Å². The molecular weight excluding hydrogens is 185 g/mol.